The van der Waals surface area contributed by atoms with Crippen LogP contribution in [-0.2, 0) is 25.0 Å². The number of anilines is 1. The first-order chi connectivity index (χ1) is 15.3. The van der Waals surface area contributed by atoms with Crippen molar-refractivity contribution in [2.45, 2.75) is 48.4 Å². The number of rotatable bonds is 8. The van der Waals surface area contributed by atoms with Gasteiger partial charge in [-0.15, -0.1) is 11.3 Å². The third-order valence-corrected chi connectivity index (χ3v) is 8.24. The Kier molecular flexibility index (Phi) is 8.94. The number of carbonyl (C=O) groups is 2. The first kappa shape index (κ1) is 27.1. The first-order valence-corrected chi connectivity index (χ1v) is 12.9. The molecule has 2 aromatic rings. The number of amides is 1. The standard InChI is InChI=1S/C18H21BrN2O3S2.C2HF3O2/c1-2-3-12-20-17(22)18(10-11-18)13-4-6-14(7-5-13)21-26(23,24)16-9-8-15(19)25-16;3-2(4,5)1(6)7/h4-9,21H,2-3,10-12H2,1H3,(H,20,22);(H,6,7). The lowest BCUT2D eigenvalue weighted by molar-refractivity contribution is -0.192. The average molecular weight is 571 g/mol. The van der Waals surface area contributed by atoms with Crippen LogP contribution in [0.15, 0.2) is 44.4 Å². The van der Waals surface area contributed by atoms with E-state index in [0.29, 0.717) is 12.2 Å². The summed E-state index contributed by atoms with van der Waals surface area (Å²) in [6, 6.07) is 10.4. The number of aliphatic carboxylic acids is 1. The van der Waals surface area contributed by atoms with E-state index in [1.807, 2.05) is 12.1 Å². The molecule has 1 fully saturated rings. The minimum absolute atomic E-state index is 0.0720. The molecule has 1 amide bonds. The van der Waals surface area contributed by atoms with Crippen molar-refractivity contribution >= 4 is 54.9 Å². The normalized spacial score (nSPS) is 14.6. The molecule has 1 saturated carbocycles. The van der Waals surface area contributed by atoms with E-state index in [-0.39, 0.29) is 10.1 Å². The Balaban J connectivity index is 0.000000479. The van der Waals surface area contributed by atoms with E-state index >= 15 is 0 Å². The molecule has 3 rings (SSSR count). The third-order valence-electron chi connectivity index (χ3n) is 4.75. The van der Waals surface area contributed by atoms with E-state index in [4.69, 9.17) is 9.90 Å². The second-order valence-corrected chi connectivity index (χ2v) is 11.6. The van der Waals surface area contributed by atoms with Gasteiger partial charge in [0.15, 0.2) is 0 Å². The number of thiophene rings is 1. The molecule has 7 nitrogen and oxygen atoms in total. The molecule has 0 bridgehead atoms. The molecule has 0 spiro atoms. The van der Waals surface area contributed by atoms with Crippen LogP contribution >= 0.6 is 27.3 Å². The number of carboxylic acids is 1. The zero-order valence-corrected chi connectivity index (χ0v) is 20.6. The van der Waals surface area contributed by atoms with Crippen molar-refractivity contribution in [1.29, 1.82) is 0 Å². The van der Waals surface area contributed by atoms with Crippen LogP contribution in [0.1, 0.15) is 38.2 Å². The van der Waals surface area contributed by atoms with E-state index in [1.165, 1.54) is 0 Å². The largest absolute Gasteiger partial charge is 0.490 e. The van der Waals surface area contributed by atoms with Gasteiger partial charge in [0.1, 0.15) is 4.21 Å². The van der Waals surface area contributed by atoms with E-state index in [9.17, 15) is 26.4 Å². The molecule has 0 saturated heterocycles. The van der Waals surface area contributed by atoms with Crippen molar-refractivity contribution in [3.8, 4) is 0 Å². The van der Waals surface area contributed by atoms with Crippen molar-refractivity contribution in [3.05, 3.63) is 45.7 Å². The summed E-state index contributed by atoms with van der Waals surface area (Å²) in [5.41, 5.74) is 0.984. The van der Waals surface area contributed by atoms with Crippen LogP contribution < -0.4 is 10.0 Å². The lowest BCUT2D eigenvalue weighted by Crippen LogP contribution is -2.35. The van der Waals surface area contributed by atoms with Crippen molar-refractivity contribution < 1.29 is 36.3 Å². The number of hydrogen-bond donors (Lipinski definition) is 3. The van der Waals surface area contributed by atoms with Gasteiger partial charge in [-0.3, -0.25) is 9.52 Å². The number of nitrogens with one attached hydrogen (secondary N) is 2. The molecule has 1 aromatic carbocycles. The Morgan fingerprint density at radius 1 is 1.15 bits per heavy atom. The predicted octanol–water partition coefficient (Wildman–Crippen LogP) is 4.89. The van der Waals surface area contributed by atoms with Crippen LogP contribution in [0.5, 0.6) is 0 Å². The highest BCUT2D eigenvalue weighted by atomic mass is 79.9. The van der Waals surface area contributed by atoms with Gasteiger partial charge in [0, 0.05) is 12.2 Å². The fourth-order valence-electron chi connectivity index (χ4n) is 2.82. The van der Waals surface area contributed by atoms with Crippen LogP contribution in [0.3, 0.4) is 0 Å². The number of benzene rings is 1. The van der Waals surface area contributed by atoms with Gasteiger partial charge in [-0.05, 0) is 65.0 Å². The molecule has 33 heavy (non-hydrogen) atoms. The second-order valence-electron chi connectivity index (χ2n) is 7.24. The molecule has 0 atom stereocenters. The number of carbonyl (C=O) groups excluding carboxylic acids is 1. The Bertz CT molecular complexity index is 1080. The van der Waals surface area contributed by atoms with Crippen LogP contribution in [0.25, 0.3) is 0 Å². The topological polar surface area (TPSA) is 113 Å². The van der Waals surface area contributed by atoms with Crippen LogP contribution in [0.4, 0.5) is 18.9 Å². The fraction of sp³-hybridized carbons (Fsp3) is 0.400. The SMILES string of the molecule is CCCCNC(=O)C1(c2ccc(NS(=O)(=O)c3ccc(Br)s3)cc2)CC1.O=C(O)C(F)(F)F. The van der Waals surface area contributed by atoms with Crippen LogP contribution in [-0.4, -0.2) is 38.1 Å². The van der Waals surface area contributed by atoms with Gasteiger partial charge in [-0.1, -0.05) is 25.5 Å². The van der Waals surface area contributed by atoms with Crippen LogP contribution in [0.2, 0.25) is 0 Å². The molecule has 0 radical (unpaired) electrons. The monoisotopic (exact) mass is 570 g/mol. The fourth-order valence-corrected chi connectivity index (χ4v) is 5.89. The molecule has 182 valence electrons. The van der Waals surface area contributed by atoms with Gasteiger partial charge < -0.3 is 10.4 Å². The number of hydrogen-bond acceptors (Lipinski definition) is 5. The first-order valence-electron chi connectivity index (χ1n) is 9.79. The smallest absolute Gasteiger partial charge is 0.475 e. The van der Waals surface area contributed by atoms with Crippen molar-refractivity contribution in [2.75, 3.05) is 11.3 Å². The Labute approximate surface area is 201 Å². The number of alkyl halides is 3. The maximum atomic E-state index is 12.5. The van der Waals surface area contributed by atoms with Crippen molar-refractivity contribution in [2.24, 2.45) is 0 Å². The average Bonchev–Trinajstić information content (AvgIpc) is 3.42. The van der Waals surface area contributed by atoms with Gasteiger partial charge >= 0.3 is 12.1 Å². The van der Waals surface area contributed by atoms with Gasteiger partial charge in [-0.25, -0.2) is 13.2 Å². The van der Waals surface area contributed by atoms with Gasteiger partial charge in [0.25, 0.3) is 10.0 Å². The summed E-state index contributed by atoms with van der Waals surface area (Å²) >= 11 is 4.43. The maximum absolute atomic E-state index is 12.5. The lowest BCUT2D eigenvalue weighted by Gasteiger charge is -2.16. The third kappa shape index (κ3) is 7.44. The summed E-state index contributed by atoms with van der Waals surface area (Å²) in [6.45, 7) is 2.79. The minimum atomic E-state index is -5.08. The summed E-state index contributed by atoms with van der Waals surface area (Å²) in [5.74, 6) is -2.68. The van der Waals surface area contributed by atoms with E-state index in [2.05, 4.69) is 32.9 Å². The van der Waals surface area contributed by atoms with E-state index in [0.717, 1.165) is 46.4 Å². The summed E-state index contributed by atoms with van der Waals surface area (Å²) in [7, 11) is -3.60. The van der Waals surface area contributed by atoms with Gasteiger partial charge in [-0.2, -0.15) is 13.2 Å². The maximum Gasteiger partial charge on any atom is 0.490 e. The zero-order chi connectivity index (χ0) is 24.9. The number of unbranched alkanes of at least 4 members (excludes halogenated alkanes) is 1. The van der Waals surface area contributed by atoms with Crippen LogP contribution in [0, 0.1) is 0 Å². The Morgan fingerprint density at radius 2 is 1.73 bits per heavy atom. The molecule has 13 heteroatoms. The number of sulfonamides is 1. The molecule has 1 aliphatic rings. The van der Waals surface area contributed by atoms with E-state index < -0.39 is 27.6 Å². The number of carboxylic acid groups (broad SMARTS) is 1. The van der Waals surface area contributed by atoms with E-state index in [1.54, 1.807) is 24.3 Å². The molecule has 0 aliphatic heterocycles. The molecule has 3 N–H and O–H groups in total. The summed E-state index contributed by atoms with van der Waals surface area (Å²) in [4.78, 5) is 21.4. The Morgan fingerprint density at radius 3 is 2.15 bits per heavy atom. The zero-order valence-electron chi connectivity index (χ0n) is 17.4. The summed E-state index contributed by atoms with van der Waals surface area (Å²) in [6.07, 6.45) is -1.40. The molecule has 1 aromatic heterocycles. The van der Waals surface area contributed by atoms with Crippen molar-refractivity contribution in [3.63, 3.8) is 0 Å². The van der Waals surface area contributed by atoms with Gasteiger partial charge in [0.2, 0.25) is 5.91 Å². The quantitative estimate of drug-likeness (QED) is 0.391. The second kappa shape index (κ2) is 10.9. The lowest BCUT2D eigenvalue weighted by atomic mass is 9.94. The highest BCUT2D eigenvalue weighted by Crippen LogP contribution is 2.48. The predicted molar refractivity (Wildman–Crippen MR) is 122 cm³/mol. The molecule has 0 unspecified atom stereocenters. The Hall–Kier alpha value is -2.12. The summed E-state index contributed by atoms with van der Waals surface area (Å²) < 4.78 is 60.1. The molecular weight excluding hydrogens is 549 g/mol. The molecule has 1 heterocycles. The highest BCUT2D eigenvalue weighted by molar-refractivity contribution is 9.11. The molecule has 1 aliphatic carbocycles. The number of halogens is 4. The minimum Gasteiger partial charge on any atom is -0.475 e. The molecular formula is C20H22BrF3N2O5S2. The van der Waals surface area contributed by atoms with Crippen molar-refractivity contribution in [1.82, 2.24) is 5.32 Å². The highest BCUT2D eigenvalue weighted by Gasteiger charge is 2.51. The van der Waals surface area contributed by atoms with Gasteiger partial charge in [0.05, 0.1) is 9.20 Å². The summed E-state index contributed by atoms with van der Waals surface area (Å²) in [5, 5.41) is 10.1.